The number of amides is 1. The molecular formula is C13H25ClN2O2. The van der Waals surface area contributed by atoms with Crippen LogP contribution in [0.15, 0.2) is 0 Å². The summed E-state index contributed by atoms with van der Waals surface area (Å²) >= 11 is 0. The molecule has 2 rings (SSSR count). The minimum absolute atomic E-state index is 0. The van der Waals surface area contributed by atoms with E-state index >= 15 is 0 Å². The lowest BCUT2D eigenvalue weighted by Gasteiger charge is -2.34. The molecule has 106 valence electrons. The van der Waals surface area contributed by atoms with Gasteiger partial charge in [-0.2, -0.15) is 0 Å². The zero-order valence-electron chi connectivity index (χ0n) is 11.4. The quantitative estimate of drug-likeness (QED) is 0.851. The second-order valence-electron chi connectivity index (χ2n) is 5.09. The SMILES string of the molecule is CCN(CC)C(=O)C1CCC2(CCNCC2)O1.Cl. The molecule has 5 heteroatoms. The summed E-state index contributed by atoms with van der Waals surface area (Å²) in [6, 6.07) is 0. The molecule has 0 radical (unpaired) electrons. The summed E-state index contributed by atoms with van der Waals surface area (Å²) in [6.07, 6.45) is 3.86. The molecule has 0 saturated carbocycles. The monoisotopic (exact) mass is 276 g/mol. The summed E-state index contributed by atoms with van der Waals surface area (Å²) in [6.45, 7) is 7.65. The number of hydrogen-bond acceptors (Lipinski definition) is 3. The average molecular weight is 277 g/mol. The largest absolute Gasteiger partial charge is 0.362 e. The molecular weight excluding hydrogens is 252 g/mol. The number of ether oxygens (including phenoxy) is 1. The smallest absolute Gasteiger partial charge is 0.251 e. The van der Waals surface area contributed by atoms with E-state index in [-0.39, 0.29) is 30.0 Å². The summed E-state index contributed by atoms with van der Waals surface area (Å²) < 4.78 is 6.11. The van der Waals surface area contributed by atoms with Crippen LogP contribution in [0.3, 0.4) is 0 Å². The van der Waals surface area contributed by atoms with Gasteiger partial charge in [-0.1, -0.05) is 0 Å². The molecule has 4 nitrogen and oxygen atoms in total. The van der Waals surface area contributed by atoms with E-state index < -0.39 is 0 Å². The summed E-state index contributed by atoms with van der Waals surface area (Å²) in [4.78, 5) is 14.1. The van der Waals surface area contributed by atoms with Gasteiger partial charge in [0.05, 0.1) is 5.60 Å². The fraction of sp³-hybridized carbons (Fsp3) is 0.923. The normalized spacial score (nSPS) is 25.8. The molecule has 1 unspecified atom stereocenters. The fourth-order valence-corrected chi connectivity index (χ4v) is 2.98. The summed E-state index contributed by atoms with van der Waals surface area (Å²) in [5, 5.41) is 3.35. The molecule has 2 saturated heterocycles. The van der Waals surface area contributed by atoms with Gasteiger partial charge >= 0.3 is 0 Å². The maximum atomic E-state index is 12.2. The lowest BCUT2D eigenvalue weighted by Crippen LogP contribution is -2.44. The van der Waals surface area contributed by atoms with Gasteiger partial charge in [0.25, 0.3) is 5.91 Å². The molecule has 1 spiro atoms. The molecule has 0 bridgehead atoms. The van der Waals surface area contributed by atoms with E-state index in [1.807, 2.05) is 18.7 Å². The van der Waals surface area contributed by atoms with Crippen molar-refractivity contribution in [2.45, 2.75) is 51.2 Å². The van der Waals surface area contributed by atoms with Crippen LogP contribution < -0.4 is 5.32 Å². The third kappa shape index (κ3) is 3.16. The molecule has 0 aliphatic carbocycles. The predicted octanol–water partition coefficient (Wildman–Crippen LogP) is 1.58. The van der Waals surface area contributed by atoms with Crippen molar-refractivity contribution in [2.24, 2.45) is 0 Å². The van der Waals surface area contributed by atoms with Gasteiger partial charge < -0.3 is 15.0 Å². The fourth-order valence-electron chi connectivity index (χ4n) is 2.98. The third-order valence-corrected chi connectivity index (χ3v) is 4.12. The molecule has 0 aromatic rings. The van der Waals surface area contributed by atoms with Crippen molar-refractivity contribution in [2.75, 3.05) is 26.2 Å². The Morgan fingerprint density at radius 1 is 1.28 bits per heavy atom. The van der Waals surface area contributed by atoms with E-state index in [0.29, 0.717) is 0 Å². The summed E-state index contributed by atoms with van der Waals surface area (Å²) in [7, 11) is 0. The van der Waals surface area contributed by atoms with Gasteiger partial charge in [-0.25, -0.2) is 0 Å². The minimum Gasteiger partial charge on any atom is -0.362 e. The first kappa shape index (κ1) is 15.7. The van der Waals surface area contributed by atoms with Crippen LogP contribution in [-0.4, -0.2) is 48.7 Å². The number of nitrogens with zero attached hydrogens (tertiary/aromatic N) is 1. The number of piperidine rings is 1. The maximum Gasteiger partial charge on any atom is 0.251 e. The van der Waals surface area contributed by atoms with Gasteiger partial charge in [0.15, 0.2) is 0 Å². The zero-order chi connectivity index (χ0) is 12.3. The summed E-state index contributed by atoms with van der Waals surface area (Å²) in [5.74, 6) is 0.186. The standard InChI is InChI=1S/C13H24N2O2.ClH/c1-3-15(4-2)12(16)11-5-6-13(17-11)7-9-14-10-8-13;/h11,14H,3-10H2,1-2H3;1H. The van der Waals surface area contributed by atoms with Crippen LogP contribution in [0.1, 0.15) is 39.5 Å². The second-order valence-corrected chi connectivity index (χ2v) is 5.09. The molecule has 0 aromatic heterocycles. The van der Waals surface area contributed by atoms with Gasteiger partial charge in [-0.05, 0) is 52.6 Å². The first-order chi connectivity index (χ1) is 8.21. The molecule has 1 N–H and O–H groups in total. The number of rotatable bonds is 3. The number of carbonyl (C=O) groups excluding carboxylic acids is 1. The lowest BCUT2D eigenvalue weighted by atomic mass is 9.89. The van der Waals surface area contributed by atoms with Crippen molar-refractivity contribution in [3.63, 3.8) is 0 Å². The van der Waals surface area contributed by atoms with E-state index in [1.54, 1.807) is 0 Å². The van der Waals surface area contributed by atoms with E-state index in [0.717, 1.165) is 51.9 Å². The number of halogens is 1. The Hall–Kier alpha value is -0.320. The zero-order valence-corrected chi connectivity index (χ0v) is 12.2. The average Bonchev–Trinajstić information content (AvgIpc) is 2.75. The number of carbonyl (C=O) groups is 1. The van der Waals surface area contributed by atoms with Gasteiger partial charge in [0, 0.05) is 13.1 Å². The van der Waals surface area contributed by atoms with Crippen molar-refractivity contribution in [1.29, 1.82) is 0 Å². The number of hydrogen-bond donors (Lipinski definition) is 1. The highest BCUT2D eigenvalue weighted by Gasteiger charge is 2.44. The highest BCUT2D eigenvalue weighted by molar-refractivity contribution is 5.85. The van der Waals surface area contributed by atoms with Crippen molar-refractivity contribution in [1.82, 2.24) is 10.2 Å². The van der Waals surface area contributed by atoms with E-state index in [2.05, 4.69) is 5.32 Å². The van der Waals surface area contributed by atoms with Crippen LogP contribution in [0.2, 0.25) is 0 Å². The molecule has 0 aromatic carbocycles. The molecule has 2 aliphatic rings. The molecule has 18 heavy (non-hydrogen) atoms. The Kier molecular flexibility index (Phi) is 5.89. The topological polar surface area (TPSA) is 41.6 Å². The Morgan fingerprint density at radius 3 is 2.44 bits per heavy atom. The van der Waals surface area contributed by atoms with Crippen LogP contribution >= 0.6 is 12.4 Å². The van der Waals surface area contributed by atoms with E-state index in [4.69, 9.17) is 4.74 Å². The van der Waals surface area contributed by atoms with E-state index in [1.165, 1.54) is 0 Å². The van der Waals surface area contributed by atoms with Crippen LogP contribution in [-0.2, 0) is 9.53 Å². The summed E-state index contributed by atoms with van der Waals surface area (Å²) in [5.41, 5.74) is -0.00126. The lowest BCUT2D eigenvalue weighted by molar-refractivity contribution is -0.149. The van der Waals surface area contributed by atoms with Crippen molar-refractivity contribution < 1.29 is 9.53 Å². The molecule has 2 heterocycles. The minimum atomic E-state index is -0.187. The second kappa shape index (κ2) is 6.73. The highest BCUT2D eigenvalue weighted by Crippen LogP contribution is 2.37. The Balaban J connectivity index is 0.00000162. The number of likely N-dealkylation sites (N-methyl/N-ethyl adjacent to an activating group) is 1. The van der Waals surface area contributed by atoms with Crippen LogP contribution in [0.25, 0.3) is 0 Å². The maximum absolute atomic E-state index is 12.2. The van der Waals surface area contributed by atoms with E-state index in [9.17, 15) is 4.79 Å². The first-order valence-corrected chi connectivity index (χ1v) is 6.88. The van der Waals surface area contributed by atoms with Gasteiger partial charge in [0.2, 0.25) is 0 Å². The van der Waals surface area contributed by atoms with Gasteiger partial charge in [-0.15, -0.1) is 12.4 Å². The number of nitrogens with one attached hydrogen (secondary N) is 1. The Morgan fingerprint density at radius 2 is 1.89 bits per heavy atom. The van der Waals surface area contributed by atoms with Crippen molar-refractivity contribution in [3.8, 4) is 0 Å². The van der Waals surface area contributed by atoms with Crippen LogP contribution in [0, 0.1) is 0 Å². The van der Waals surface area contributed by atoms with Crippen molar-refractivity contribution in [3.05, 3.63) is 0 Å². The predicted molar refractivity (Wildman–Crippen MR) is 74.1 cm³/mol. The Labute approximate surface area is 116 Å². The third-order valence-electron chi connectivity index (χ3n) is 4.12. The highest BCUT2D eigenvalue weighted by atomic mass is 35.5. The van der Waals surface area contributed by atoms with Gasteiger partial charge in [-0.3, -0.25) is 4.79 Å². The first-order valence-electron chi connectivity index (χ1n) is 6.88. The molecule has 2 aliphatic heterocycles. The molecule has 2 fully saturated rings. The Bertz CT molecular complexity index is 276. The van der Waals surface area contributed by atoms with Crippen molar-refractivity contribution >= 4 is 18.3 Å². The van der Waals surface area contributed by atoms with Crippen LogP contribution in [0.5, 0.6) is 0 Å². The van der Waals surface area contributed by atoms with Gasteiger partial charge in [0.1, 0.15) is 6.10 Å². The molecule has 1 atom stereocenters. The van der Waals surface area contributed by atoms with Crippen LogP contribution in [0.4, 0.5) is 0 Å². The molecule has 1 amide bonds.